The molecule has 0 spiro atoms. The summed E-state index contributed by atoms with van der Waals surface area (Å²) >= 11 is 0. The van der Waals surface area contributed by atoms with Crippen LogP contribution in [0.15, 0.2) is 186 Å². The number of hydrogen-bond donors (Lipinski definition) is 0. The van der Waals surface area contributed by atoms with Gasteiger partial charge in [0.2, 0.25) is 5.95 Å². The number of rotatable bonds is 4. The molecule has 6 nitrogen and oxygen atoms in total. The van der Waals surface area contributed by atoms with Gasteiger partial charge in [-0.1, -0.05) is 140 Å². The van der Waals surface area contributed by atoms with Gasteiger partial charge in [0.25, 0.3) is 0 Å². The molecule has 11 aromatic rings. The molecule has 0 radical (unpaired) electrons. The number of furan rings is 1. The summed E-state index contributed by atoms with van der Waals surface area (Å²) in [4.78, 5) is 17.7. The van der Waals surface area contributed by atoms with Crippen LogP contribution in [-0.2, 0) is 0 Å². The maximum absolute atomic E-state index is 6.68. The molecule has 12 rings (SSSR count). The first-order valence-electron chi connectivity index (χ1n) is 19.0. The average molecular weight is 731 g/mol. The largest absolute Gasteiger partial charge is 0.456 e. The Labute approximate surface area is 326 Å². The van der Waals surface area contributed by atoms with Gasteiger partial charge < -0.3 is 9.15 Å². The average Bonchev–Trinajstić information content (AvgIpc) is 3.66. The van der Waals surface area contributed by atoms with Gasteiger partial charge >= 0.3 is 0 Å². The van der Waals surface area contributed by atoms with Crippen LogP contribution in [0.1, 0.15) is 0 Å². The van der Waals surface area contributed by atoms with Gasteiger partial charge in [0.05, 0.1) is 11.4 Å². The molecule has 6 heteroatoms. The van der Waals surface area contributed by atoms with Crippen molar-refractivity contribution in [3.8, 4) is 45.4 Å². The predicted octanol–water partition coefficient (Wildman–Crippen LogP) is 13.8. The third-order valence-electron chi connectivity index (χ3n) is 11.1. The van der Waals surface area contributed by atoms with Gasteiger partial charge in [0, 0.05) is 27.3 Å². The topological polar surface area (TPSA) is 64.3 Å². The van der Waals surface area contributed by atoms with Gasteiger partial charge in [-0.15, -0.1) is 0 Å². The van der Waals surface area contributed by atoms with E-state index in [1.54, 1.807) is 0 Å². The first-order valence-corrected chi connectivity index (χ1v) is 19.0. The van der Waals surface area contributed by atoms with Crippen LogP contribution in [0.3, 0.4) is 0 Å². The second-order valence-corrected chi connectivity index (χ2v) is 14.4. The Morgan fingerprint density at radius 3 is 1.95 bits per heavy atom. The number of para-hydroxylation sites is 2. The van der Waals surface area contributed by atoms with Gasteiger partial charge in [-0.2, -0.15) is 9.97 Å². The Kier molecular flexibility index (Phi) is 6.83. The summed E-state index contributed by atoms with van der Waals surface area (Å²) in [6.45, 7) is 0. The number of ether oxygens (including phenoxy) is 1. The van der Waals surface area contributed by atoms with Crippen LogP contribution in [0, 0.1) is 0 Å². The Balaban J connectivity index is 1.08. The summed E-state index contributed by atoms with van der Waals surface area (Å²) in [5, 5.41) is 8.88. The molecule has 3 heterocycles. The summed E-state index contributed by atoms with van der Waals surface area (Å²) in [6, 6.07) is 62.7. The molecule has 2 aromatic heterocycles. The van der Waals surface area contributed by atoms with E-state index in [1.807, 2.05) is 78.9 Å². The zero-order valence-corrected chi connectivity index (χ0v) is 30.4. The van der Waals surface area contributed by atoms with Crippen LogP contribution in [0.4, 0.5) is 17.3 Å². The maximum Gasteiger partial charge on any atom is 0.239 e. The fourth-order valence-electron chi connectivity index (χ4n) is 8.47. The zero-order valence-electron chi connectivity index (χ0n) is 30.4. The fourth-order valence-corrected chi connectivity index (χ4v) is 8.47. The van der Waals surface area contributed by atoms with E-state index in [0.717, 1.165) is 77.7 Å². The van der Waals surface area contributed by atoms with Gasteiger partial charge in [-0.25, -0.2) is 4.98 Å². The van der Waals surface area contributed by atoms with Crippen molar-refractivity contribution >= 4 is 71.6 Å². The first kappa shape index (κ1) is 31.5. The van der Waals surface area contributed by atoms with Gasteiger partial charge in [-0.3, -0.25) is 4.90 Å². The minimum atomic E-state index is 0.494. The highest BCUT2D eigenvalue weighted by Crippen LogP contribution is 2.52. The van der Waals surface area contributed by atoms with Crippen molar-refractivity contribution in [1.29, 1.82) is 0 Å². The summed E-state index contributed by atoms with van der Waals surface area (Å²) in [5.41, 5.74) is 7.40. The number of aromatic nitrogens is 3. The molecule has 0 aliphatic carbocycles. The molecule has 1 aliphatic heterocycles. The van der Waals surface area contributed by atoms with E-state index in [2.05, 4.69) is 108 Å². The van der Waals surface area contributed by atoms with E-state index in [1.165, 1.54) is 21.7 Å². The number of anilines is 3. The number of fused-ring (bicyclic) bond motifs is 10. The minimum absolute atomic E-state index is 0.494. The lowest BCUT2D eigenvalue weighted by atomic mass is 9.92. The third kappa shape index (κ3) is 4.94. The highest BCUT2D eigenvalue weighted by atomic mass is 16.5. The summed E-state index contributed by atoms with van der Waals surface area (Å²) in [6.07, 6.45) is 0. The number of hydrogen-bond acceptors (Lipinski definition) is 6. The van der Waals surface area contributed by atoms with Crippen molar-refractivity contribution in [1.82, 2.24) is 15.0 Å². The number of benzene rings is 9. The summed E-state index contributed by atoms with van der Waals surface area (Å²) in [7, 11) is 0. The Bertz CT molecular complexity index is 3410. The second kappa shape index (κ2) is 12.3. The van der Waals surface area contributed by atoms with Gasteiger partial charge in [0.1, 0.15) is 11.2 Å². The van der Waals surface area contributed by atoms with Crippen molar-refractivity contribution in [2.24, 2.45) is 0 Å². The van der Waals surface area contributed by atoms with E-state index < -0.39 is 0 Å². The van der Waals surface area contributed by atoms with Crippen molar-refractivity contribution < 1.29 is 9.15 Å². The zero-order chi connectivity index (χ0) is 37.5. The SMILES string of the molecule is c1ccc(-c2nc(-c3ccc4oc5cc(-c6cccc7ccccc67)c6ccccc6c5c4c3)nc(N3c4ccccc4Oc4c3ccc3ccccc43)n2)cc1. The standard InChI is InChI=1S/C51H30N4O2/c1-2-15-33(16-3-1)49-52-50(54-51(53-49)55-42-23-10-11-24-45(42)57-48-36-19-7-5-14-32(36)25-27-43(48)55)34-26-28-44-41(29-34)47-39-21-9-8-20-38(39)40(30-46(47)56-44)37-22-12-17-31-13-4-6-18-35(31)37/h1-30H. The van der Waals surface area contributed by atoms with Crippen LogP contribution in [0.25, 0.3) is 88.2 Å². The molecule has 0 bridgehead atoms. The molecule has 0 unspecified atom stereocenters. The molecule has 0 amide bonds. The lowest BCUT2D eigenvalue weighted by molar-refractivity contribution is 0.482. The molecule has 57 heavy (non-hydrogen) atoms. The lowest BCUT2D eigenvalue weighted by Crippen LogP contribution is -2.19. The Morgan fingerprint density at radius 2 is 1.09 bits per heavy atom. The lowest BCUT2D eigenvalue weighted by Gasteiger charge is -2.32. The molecule has 266 valence electrons. The van der Waals surface area contributed by atoms with E-state index in [-0.39, 0.29) is 0 Å². The molecule has 0 saturated carbocycles. The van der Waals surface area contributed by atoms with Crippen molar-refractivity contribution in [3.63, 3.8) is 0 Å². The fraction of sp³-hybridized carbons (Fsp3) is 0. The van der Waals surface area contributed by atoms with Crippen LogP contribution in [-0.4, -0.2) is 15.0 Å². The molecule has 0 saturated heterocycles. The first-order chi connectivity index (χ1) is 28.2. The molecule has 1 aliphatic rings. The van der Waals surface area contributed by atoms with Crippen molar-refractivity contribution in [2.75, 3.05) is 4.90 Å². The van der Waals surface area contributed by atoms with Gasteiger partial charge in [-0.05, 0) is 80.5 Å². The van der Waals surface area contributed by atoms with Crippen LogP contribution in [0.2, 0.25) is 0 Å². The third-order valence-corrected chi connectivity index (χ3v) is 11.1. The molecular formula is C51H30N4O2. The van der Waals surface area contributed by atoms with Crippen LogP contribution < -0.4 is 9.64 Å². The molecule has 0 fully saturated rings. The minimum Gasteiger partial charge on any atom is -0.456 e. The van der Waals surface area contributed by atoms with E-state index >= 15 is 0 Å². The van der Waals surface area contributed by atoms with Crippen LogP contribution in [0.5, 0.6) is 11.5 Å². The normalized spacial score (nSPS) is 12.3. The highest BCUT2D eigenvalue weighted by molar-refractivity contribution is 6.23. The monoisotopic (exact) mass is 730 g/mol. The molecule has 0 atom stereocenters. The molecule has 9 aromatic carbocycles. The predicted molar refractivity (Wildman–Crippen MR) is 231 cm³/mol. The molecular weight excluding hydrogens is 701 g/mol. The smallest absolute Gasteiger partial charge is 0.239 e. The van der Waals surface area contributed by atoms with E-state index in [9.17, 15) is 0 Å². The highest BCUT2D eigenvalue weighted by Gasteiger charge is 2.30. The second-order valence-electron chi connectivity index (χ2n) is 14.4. The van der Waals surface area contributed by atoms with Gasteiger partial charge in [0.15, 0.2) is 23.1 Å². The summed E-state index contributed by atoms with van der Waals surface area (Å²) < 4.78 is 13.3. The summed E-state index contributed by atoms with van der Waals surface area (Å²) in [5.74, 6) is 3.11. The van der Waals surface area contributed by atoms with Crippen LogP contribution >= 0.6 is 0 Å². The Morgan fingerprint density at radius 1 is 0.404 bits per heavy atom. The van der Waals surface area contributed by atoms with E-state index in [0.29, 0.717) is 17.6 Å². The Hall–Kier alpha value is -7.83. The van der Waals surface area contributed by atoms with E-state index in [4.69, 9.17) is 24.1 Å². The maximum atomic E-state index is 6.68. The van der Waals surface area contributed by atoms with Crippen molar-refractivity contribution in [3.05, 3.63) is 182 Å². The quantitative estimate of drug-likeness (QED) is 0.180. The van der Waals surface area contributed by atoms with Crippen molar-refractivity contribution in [2.45, 2.75) is 0 Å². The molecule has 0 N–H and O–H groups in total. The number of nitrogens with zero attached hydrogens (tertiary/aromatic N) is 4.